The highest BCUT2D eigenvalue weighted by Gasteiger charge is 2.27. The van der Waals surface area contributed by atoms with E-state index >= 15 is 0 Å². The Bertz CT molecular complexity index is 656. The van der Waals surface area contributed by atoms with Crippen LogP contribution in [-0.4, -0.2) is 47.9 Å². The summed E-state index contributed by atoms with van der Waals surface area (Å²) in [6, 6.07) is 11.3. The molecule has 0 N–H and O–H groups in total. The van der Waals surface area contributed by atoms with Crippen LogP contribution in [0.1, 0.15) is 44.2 Å². The number of hydrogen-bond donors (Lipinski definition) is 0. The molecule has 1 fully saturated rings. The van der Waals surface area contributed by atoms with E-state index in [1.54, 1.807) is 0 Å². The maximum atomic E-state index is 6.26. The summed E-state index contributed by atoms with van der Waals surface area (Å²) in [5.41, 5.74) is 4.09. The smallest absolute Gasteiger partial charge is 0.0599 e. The van der Waals surface area contributed by atoms with Gasteiger partial charge in [-0.25, -0.2) is 0 Å². The molecule has 0 radical (unpaired) electrons. The van der Waals surface area contributed by atoms with Gasteiger partial charge in [-0.1, -0.05) is 54.1 Å². The molecule has 0 saturated carbocycles. The lowest BCUT2D eigenvalue weighted by molar-refractivity contribution is 0.108. The number of nitrogens with zero attached hydrogens (tertiary/aromatic N) is 2. The average Bonchev–Trinajstić information content (AvgIpc) is 2.69. The molecule has 2 nitrogen and oxygen atoms in total. The highest BCUT2D eigenvalue weighted by atomic mass is 35.5. The van der Waals surface area contributed by atoms with Gasteiger partial charge in [-0.3, -0.25) is 4.90 Å². The van der Waals surface area contributed by atoms with E-state index < -0.39 is 0 Å². The quantitative estimate of drug-likeness (QED) is 0.327. The summed E-state index contributed by atoms with van der Waals surface area (Å²) in [4.78, 5) is 5.27. The van der Waals surface area contributed by atoms with Crippen LogP contribution >= 0.6 is 11.6 Å². The van der Waals surface area contributed by atoms with Crippen molar-refractivity contribution in [3.05, 3.63) is 71.8 Å². The van der Waals surface area contributed by atoms with Crippen LogP contribution in [0.4, 0.5) is 0 Å². The largest absolute Gasteiger partial charge is 0.301 e. The van der Waals surface area contributed by atoms with Gasteiger partial charge in [0.1, 0.15) is 0 Å². The zero-order chi connectivity index (χ0) is 19.1. The Balaban J connectivity index is 1.60. The number of hydrogen-bond acceptors (Lipinski definition) is 2. The van der Waals surface area contributed by atoms with E-state index in [1.807, 2.05) is 0 Å². The second kappa shape index (κ2) is 10.3. The van der Waals surface area contributed by atoms with Crippen LogP contribution < -0.4 is 0 Å². The van der Waals surface area contributed by atoms with Crippen molar-refractivity contribution in [2.45, 2.75) is 44.0 Å². The van der Waals surface area contributed by atoms with Gasteiger partial charge in [-0.05, 0) is 50.3 Å². The van der Waals surface area contributed by atoms with Gasteiger partial charge >= 0.3 is 0 Å². The minimum Gasteiger partial charge on any atom is -0.301 e. The standard InChI is InChI=1S/C24H33ClN2/c1-20(2)8-6-7-15-26-16-18-27(19-17-26)24(21-9-4-3-5-10-21)22-11-13-23(25)14-12-22/h3-5,9-13,23-24H,1,6-8,14-19H2,2H3. The van der Waals surface area contributed by atoms with Crippen molar-refractivity contribution in [1.29, 1.82) is 0 Å². The zero-order valence-electron chi connectivity index (χ0n) is 16.6. The molecule has 146 valence electrons. The van der Waals surface area contributed by atoms with Crippen LogP contribution in [0.3, 0.4) is 0 Å². The molecule has 1 saturated heterocycles. The maximum absolute atomic E-state index is 6.26. The molecule has 2 atom stereocenters. The number of alkyl halides is 1. The van der Waals surface area contributed by atoms with E-state index in [2.05, 4.69) is 71.9 Å². The number of unbranched alkanes of at least 4 members (excludes halogenated alkanes) is 1. The number of rotatable bonds is 8. The first-order valence-corrected chi connectivity index (χ1v) is 10.7. The molecule has 2 unspecified atom stereocenters. The molecule has 0 spiro atoms. The van der Waals surface area contributed by atoms with Crippen molar-refractivity contribution in [1.82, 2.24) is 9.80 Å². The topological polar surface area (TPSA) is 6.48 Å². The van der Waals surface area contributed by atoms with Crippen molar-refractivity contribution >= 4 is 11.6 Å². The summed E-state index contributed by atoms with van der Waals surface area (Å²) < 4.78 is 0. The molecule has 0 amide bonds. The van der Waals surface area contributed by atoms with Crippen molar-refractivity contribution in [2.75, 3.05) is 32.7 Å². The Morgan fingerprint density at radius 1 is 1.15 bits per heavy atom. The second-order valence-electron chi connectivity index (χ2n) is 7.92. The van der Waals surface area contributed by atoms with Gasteiger partial charge in [-0.15, -0.1) is 18.2 Å². The van der Waals surface area contributed by atoms with Gasteiger partial charge in [0.15, 0.2) is 0 Å². The molecule has 3 rings (SSSR count). The Kier molecular flexibility index (Phi) is 7.75. The average molecular weight is 385 g/mol. The molecule has 0 bridgehead atoms. The van der Waals surface area contributed by atoms with E-state index in [-0.39, 0.29) is 5.38 Å². The Labute approximate surface area is 170 Å². The lowest BCUT2D eigenvalue weighted by Gasteiger charge is -2.40. The fourth-order valence-corrected chi connectivity index (χ4v) is 4.23. The second-order valence-corrected chi connectivity index (χ2v) is 8.48. The van der Waals surface area contributed by atoms with Gasteiger partial charge in [-0.2, -0.15) is 0 Å². The fraction of sp³-hybridized carbons (Fsp3) is 0.500. The van der Waals surface area contributed by atoms with E-state index in [9.17, 15) is 0 Å². The Morgan fingerprint density at radius 2 is 1.89 bits per heavy atom. The molecule has 1 aromatic carbocycles. The SMILES string of the molecule is C=C(C)CCCCN1CCN(C(C2=CCC(Cl)C=C2)c2ccccc2)CC1. The number of piperazine rings is 1. The first-order valence-electron chi connectivity index (χ1n) is 10.3. The summed E-state index contributed by atoms with van der Waals surface area (Å²) in [5.74, 6) is 0. The summed E-state index contributed by atoms with van der Waals surface area (Å²) in [6.07, 6.45) is 11.4. The van der Waals surface area contributed by atoms with Crippen molar-refractivity contribution in [3.63, 3.8) is 0 Å². The van der Waals surface area contributed by atoms with E-state index in [0.717, 1.165) is 39.0 Å². The molecule has 1 heterocycles. The van der Waals surface area contributed by atoms with Gasteiger partial charge in [0.25, 0.3) is 0 Å². The normalized spacial score (nSPS) is 22.4. The molecule has 0 aromatic heterocycles. The third kappa shape index (κ3) is 6.07. The lowest BCUT2D eigenvalue weighted by atomic mass is 9.92. The third-order valence-corrected chi connectivity index (χ3v) is 5.93. The summed E-state index contributed by atoms with van der Waals surface area (Å²) >= 11 is 6.26. The zero-order valence-corrected chi connectivity index (χ0v) is 17.4. The first-order chi connectivity index (χ1) is 13.1. The van der Waals surface area contributed by atoms with Crippen LogP contribution in [-0.2, 0) is 0 Å². The lowest BCUT2D eigenvalue weighted by Crippen LogP contribution is -2.48. The Hall–Kier alpha value is -1.35. The summed E-state index contributed by atoms with van der Waals surface area (Å²) in [5, 5.41) is 0.140. The van der Waals surface area contributed by atoms with E-state index in [1.165, 1.54) is 36.1 Å². The maximum Gasteiger partial charge on any atom is 0.0599 e. The molecule has 2 aliphatic rings. The number of halogens is 1. The van der Waals surface area contributed by atoms with Crippen molar-refractivity contribution in [3.8, 4) is 0 Å². The molecule has 1 aliphatic carbocycles. The van der Waals surface area contributed by atoms with Gasteiger partial charge < -0.3 is 4.90 Å². The predicted octanol–water partition coefficient (Wildman–Crippen LogP) is 5.59. The van der Waals surface area contributed by atoms with Crippen LogP contribution in [0.25, 0.3) is 0 Å². The van der Waals surface area contributed by atoms with Gasteiger partial charge in [0, 0.05) is 26.2 Å². The van der Waals surface area contributed by atoms with E-state index in [0.29, 0.717) is 6.04 Å². The summed E-state index contributed by atoms with van der Waals surface area (Å²) in [7, 11) is 0. The molecular weight excluding hydrogens is 352 g/mol. The van der Waals surface area contributed by atoms with Crippen molar-refractivity contribution < 1.29 is 0 Å². The van der Waals surface area contributed by atoms with E-state index in [4.69, 9.17) is 11.6 Å². The molecule has 1 aliphatic heterocycles. The third-order valence-electron chi connectivity index (χ3n) is 5.61. The minimum absolute atomic E-state index is 0.140. The molecular formula is C24H33ClN2. The van der Waals surface area contributed by atoms with Crippen LogP contribution in [0.15, 0.2) is 66.3 Å². The monoisotopic (exact) mass is 384 g/mol. The predicted molar refractivity (Wildman–Crippen MR) is 117 cm³/mol. The molecule has 1 aromatic rings. The van der Waals surface area contributed by atoms with Crippen LogP contribution in [0, 0.1) is 0 Å². The number of benzene rings is 1. The summed E-state index contributed by atoms with van der Waals surface area (Å²) in [6.45, 7) is 11.9. The molecule has 27 heavy (non-hydrogen) atoms. The van der Waals surface area contributed by atoms with Gasteiger partial charge in [0.05, 0.1) is 11.4 Å². The Morgan fingerprint density at radius 3 is 2.52 bits per heavy atom. The first kappa shape index (κ1) is 20.4. The van der Waals surface area contributed by atoms with Crippen LogP contribution in [0.2, 0.25) is 0 Å². The van der Waals surface area contributed by atoms with Gasteiger partial charge in [0.2, 0.25) is 0 Å². The highest BCUT2D eigenvalue weighted by molar-refractivity contribution is 6.22. The highest BCUT2D eigenvalue weighted by Crippen LogP contribution is 2.33. The number of allylic oxidation sites excluding steroid dienone is 3. The fourth-order valence-electron chi connectivity index (χ4n) is 4.07. The molecule has 3 heteroatoms. The van der Waals surface area contributed by atoms with Crippen molar-refractivity contribution in [2.24, 2.45) is 0 Å². The van der Waals surface area contributed by atoms with Crippen LogP contribution in [0.5, 0.6) is 0 Å². The minimum atomic E-state index is 0.140.